The third-order valence-corrected chi connectivity index (χ3v) is 5.38. The first-order valence-corrected chi connectivity index (χ1v) is 9.21. The van der Waals surface area contributed by atoms with E-state index in [0.717, 1.165) is 24.3 Å². The molecule has 0 aliphatic carbocycles. The second-order valence-electron chi connectivity index (χ2n) is 6.35. The quantitative estimate of drug-likeness (QED) is 0.905. The zero-order chi connectivity index (χ0) is 17.1. The van der Waals surface area contributed by atoms with E-state index in [0.29, 0.717) is 12.6 Å². The molecule has 0 saturated heterocycles. The van der Waals surface area contributed by atoms with Crippen LogP contribution in [0.5, 0.6) is 5.75 Å². The maximum Gasteiger partial charge on any atom is 0.237 e. The van der Waals surface area contributed by atoms with E-state index in [9.17, 15) is 4.79 Å². The van der Waals surface area contributed by atoms with Gasteiger partial charge < -0.3 is 15.0 Å². The summed E-state index contributed by atoms with van der Waals surface area (Å²) < 4.78 is 5.26. The first kappa shape index (κ1) is 17.0. The fraction of sp³-hybridized carbons (Fsp3) is 0.421. The number of amides is 1. The van der Waals surface area contributed by atoms with Crippen molar-refractivity contribution in [1.82, 2.24) is 10.2 Å². The van der Waals surface area contributed by atoms with Crippen LogP contribution in [0.3, 0.4) is 0 Å². The van der Waals surface area contributed by atoms with E-state index in [1.54, 1.807) is 18.4 Å². The van der Waals surface area contributed by atoms with Gasteiger partial charge in [-0.1, -0.05) is 26.0 Å². The van der Waals surface area contributed by atoms with E-state index in [1.165, 1.54) is 10.4 Å². The number of methoxy groups -OCH3 is 1. The van der Waals surface area contributed by atoms with Gasteiger partial charge in [-0.3, -0.25) is 4.79 Å². The van der Waals surface area contributed by atoms with Gasteiger partial charge in [0.1, 0.15) is 5.75 Å². The number of fused-ring (bicyclic) bond motifs is 1. The largest absolute Gasteiger partial charge is 0.497 e. The molecule has 1 aliphatic heterocycles. The van der Waals surface area contributed by atoms with Crippen LogP contribution < -0.4 is 10.1 Å². The van der Waals surface area contributed by atoms with Gasteiger partial charge in [0, 0.05) is 17.5 Å². The maximum absolute atomic E-state index is 12.8. The van der Waals surface area contributed by atoms with Crippen LogP contribution in [0.15, 0.2) is 35.7 Å². The average molecular weight is 344 g/mol. The van der Waals surface area contributed by atoms with Gasteiger partial charge in [-0.05, 0) is 41.1 Å². The molecule has 0 unspecified atom stereocenters. The SMILES string of the molecule is COc1ccc([C@@H]2c3ccsc3CCN2C(=O)CNC(C)C)cc1. The fourth-order valence-electron chi connectivity index (χ4n) is 3.12. The van der Waals surface area contributed by atoms with E-state index in [1.807, 2.05) is 17.0 Å². The van der Waals surface area contributed by atoms with Crippen molar-refractivity contribution in [2.24, 2.45) is 0 Å². The number of carbonyl (C=O) groups excluding carboxylic acids is 1. The second kappa shape index (κ2) is 7.36. The molecule has 1 aromatic carbocycles. The third-order valence-electron chi connectivity index (χ3n) is 4.38. The Morgan fingerprint density at radius 3 is 2.75 bits per heavy atom. The summed E-state index contributed by atoms with van der Waals surface area (Å²) in [6, 6.07) is 10.5. The van der Waals surface area contributed by atoms with Crippen LogP contribution >= 0.6 is 11.3 Å². The maximum atomic E-state index is 12.8. The molecular formula is C19H24N2O2S. The Labute approximate surface area is 147 Å². The van der Waals surface area contributed by atoms with Crippen LogP contribution in [0.2, 0.25) is 0 Å². The zero-order valence-corrected chi connectivity index (χ0v) is 15.2. The monoisotopic (exact) mass is 344 g/mol. The van der Waals surface area contributed by atoms with Crippen molar-refractivity contribution < 1.29 is 9.53 Å². The highest BCUT2D eigenvalue weighted by Gasteiger charge is 2.32. The summed E-state index contributed by atoms with van der Waals surface area (Å²) in [5, 5.41) is 5.37. The van der Waals surface area contributed by atoms with Crippen molar-refractivity contribution in [2.45, 2.75) is 32.4 Å². The molecule has 2 aromatic rings. The van der Waals surface area contributed by atoms with Gasteiger partial charge >= 0.3 is 0 Å². The lowest BCUT2D eigenvalue weighted by Crippen LogP contribution is -2.45. The Morgan fingerprint density at radius 2 is 2.08 bits per heavy atom. The molecule has 0 bridgehead atoms. The van der Waals surface area contributed by atoms with Crippen molar-refractivity contribution in [3.05, 3.63) is 51.7 Å². The number of hydrogen-bond donors (Lipinski definition) is 1. The highest BCUT2D eigenvalue weighted by molar-refractivity contribution is 7.10. The van der Waals surface area contributed by atoms with Crippen LogP contribution in [-0.4, -0.2) is 37.0 Å². The number of benzene rings is 1. The van der Waals surface area contributed by atoms with Gasteiger partial charge in [0.05, 0.1) is 19.7 Å². The smallest absolute Gasteiger partial charge is 0.237 e. The summed E-state index contributed by atoms with van der Waals surface area (Å²) in [5.41, 5.74) is 2.39. The van der Waals surface area contributed by atoms with Gasteiger partial charge in [-0.15, -0.1) is 11.3 Å². The van der Waals surface area contributed by atoms with Crippen molar-refractivity contribution >= 4 is 17.2 Å². The molecule has 1 aromatic heterocycles. The summed E-state index contributed by atoms with van der Waals surface area (Å²) >= 11 is 1.79. The Kier molecular flexibility index (Phi) is 5.21. The predicted molar refractivity (Wildman–Crippen MR) is 97.7 cm³/mol. The summed E-state index contributed by atoms with van der Waals surface area (Å²) in [6.07, 6.45) is 0.938. The normalized spacial score (nSPS) is 17.0. The van der Waals surface area contributed by atoms with E-state index in [4.69, 9.17) is 4.74 Å². The number of rotatable bonds is 5. The number of ether oxygens (including phenoxy) is 1. The summed E-state index contributed by atoms with van der Waals surface area (Å²) in [5.74, 6) is 0.987. The highest BCUT2D eigenvalue weighted by atomic mass is 32.1. The molecular weight excluding hydrogens is 320 g/mol. The number of hydrogen-bond acceptors (Lipinski definition) is 4. The van der Waals surface area contributed by atoms with Crippen molar-refractivity contribution in [1.29, 1.82) is 0 Å². The third kappa shape index (κ3) is 3.47. The number of thiophene rings is 1. The molecule has 5 heteroatoms. The Morgan fingerprint density at radius 1 is 1.33 bits per heavy atom. The van der Waals surface area contributed by atoms with Crippen LogP contribution in [0.25, 0.3) is 0 Å². The zero-order valence-electron chi connectivity index (χ0n) is 14.4. The van der Waals surface area contributed by atoms with E-state index in [2.05, 4.69) is 42.7 Å². The van der Waals surface area contributed by atoms with Crippen LogP contribution in [0.1, 0.15) is 35.9 Å². The fourth-order valence-corrected chi connectivity index (χ4v) is 4.03. The molecule has 2 heterocycles. The van der Waals surface area contributed by atoms with Crippen molar-refractivity contribution in [2.75, 3.05) is 20.2 Å². The highest BCUT2D eigenvalue weighted by Crippen LogP contribution is 2.38. The average Bonchev–Trinajstić information content (AvgIpc) is 3.07. The molecule has 0 fully saturated rings. The van der Waals surface area contributed by atoms with Gasteiger partial charge in [0.2, 0.25) is 5.91 Å². The van der Waals surface area contributed by atoms with E-state index >= 15 is 0 Å². The first-order chi connectivity index (χ1) is 11.6. The summed E-state index contributed by atoms with van der Waals surface area (Å²) in [6.45, 7) is 5.26. The van der Waals surface area contributed by atoms with Crippen LogP contribution in [0.4, 0.5) is 0 Å². The van der Waals surface area contributed by atoms with Gasteiger partial charge in [-0.25, -0.2) is 0 Å². The molecule has 3 rings (SSSR count). The Bertz CT molecular complexity index is 694. The molecule has 1 N–H and O–H groups in total. The Hall–Kier alpha value is -1.85. The molecule has 0 saturated carbocycles. The van der Waals surface area contributed by atoms with Gasteiger partial charge in [0.15, 0.2) is 0 Å². The molecule has 1 aliphatic rings. The van der Waals surface area contributed by atoms with E-state index < -0.39 is 0 Å². The van der Waals surface area contributed by atoms with Crippen LogP contribution in [-0.2, 0) is 11.2 Å². The van der Waals surface area contributed by atoms with Crippen molar-refractivity contribution in [3.63, 3.8) is 0 Å². The second-order valence-corrected chi connectivity index (χ2v) is 7.35. The Balaban J connectivity index is 1.91. The van der Waals surface area contributed by atoms with E-state index in [-0.39, 0.29) is 11.9 Å². The molecule has 128 valence electrons. The molecule has 24 heavy (non-hydrogen) atoms. The van der Waals surface area contributed by atoms with Gasteiger partial charge in [-0.2, -0.15) is 0 Å². The van der Waals surface area contributed by atoms with Crippen LogP contribution in [0, 0.1) is 0 Å². The number of carbonyl (C=O) groups is 1. The van der Waals surface area contributed by atoms with Crippen molar-refractivity contribution in [3.8, 4) is 5.75 Å². The van der Waals surface area contributed by atoms with Gasteiger partial charge in [0.25, 0.3) is 0 Å². The lowest BCUT2D eigenvalue weighted by Gasteiger charge is -2.36. The number of nitrogens with one attached hydrogen (secondary N) is 1. The summed E-state index contributed by atoms with van der Waals surface area (Å²) in [4.78, 5) is 16.2. The molecule has 0 radical (unpaired) electrons. The lowest BCUT2D eigenvalue weighted by atomic mass is 9.93. The lowest BCUT2D eigenvalue weighted by molar-refractivity contribution is -0.132. The summed E-state index contributed by atoms with van der Waals surface area (Å²) in [7, 11) is 1.67. The minimum absolute atomic E-state index is 0.00707. The molecule has 4 nitrogen and oxygen atoms in total. The molecule has 1 atom stereocenters. The predicted octanol–water partition coefficient (Wildman–Crippen LogP) is 3.23. The first-order valence-electron chi connectivity index (χ1n) is 8.33. The topological polar surface area (TPSA) is 41.6 Å². The minimum atomic E-state index is -0.00707. The standard InChI is InChI=1S/C19H24N2O2S/c1-13(2)20-12-18(22)21-10-8-17-16(9-11-24-17)19(21)14-4-6-15(23-3)7-5-14/h4-7,9,11,13,19-20H,8,10,12H2,1-3H3/t19-/m1/s1. The molecule has 1 amide bonds. The number of nitrogens with zero attached hydrogens (tertiary/aromatic N) is 1. The minimum Gasteiger partial charge on any atom is -0.497 e. The molecule has 0 spiro atoms.